The van der Waals surface area contributed by atoms with Gasteiger partial charge >= 0.3 is 6.09 Å². The van der Waals surface area contributed by atoms with E-state index in [-0.39, 0.29) is 24.4 Å². The zero-order valence-electron chi connectivity index (χ0n) is 20.2. The fourth-order valence-electron chi connectivity index (χ4n) is 5.16. The predicted octanol–water partition coefficient (Wildman–Crippen LogP) is 1.76. The van der Waals surface area contributed by atoms with Crippen LogP contribution in [0.25, 0.3) is 0 Å². The van der Waals surface area contributed by atoms with Crippen molar-refractivity contribution in [3.63, 3.8) is 0 Å². The molecule has 0 radical (unpaired) electrons. The average molecular weight is 479 g/mol. The molecule has 0 aliphatic carbocycles. The fraction of sp³-hybridized carbons (Fsp3) is 0.560. The maximum Gasteiger partial charge on any atom is 0.408 e. The van der Waals surface area contributed by atoms with E-state index in [0.29, 0.717) is 37.2 Å². The highest BCUT2D eigenvalue weighted by Crippen LogP contribution is 2.36. The lowest BCUT2D eigenvalue weighted by molar-refractivity contribution is -0.135. The molecule has 3 aliphatic heterocycles. The number of piperazine rings is 1. The lowest BCUT2D eigenvalue weighted by Crippen LogP contribution is -2.59. The zero-order valence-corrected chi connectivity index (χ0v) is 20.2. The number of likely N-dealkylation sites (tertiary alicyclic amines) is 2. The maximum absolute atomic E-state index is 13.4. The van der Waals surface area contributed by atoms with Gasteiger partial charge in [-0.15, -0.1) is 0 Å². The quantitative estimate of drug-likeness (QED) is 0.682. The number of rotatable bonds is 5. The van der Waals surface area contributed by atoms with Gasteiger partial charge in [-0.1, -0.05) is 6.07 Å². The van der Waals surface area contributed by atoms with Crippen molar-refractivity contribution in [1.82, 2.24) is 15.1 Å². The fourth-order valence-corrected chi connectivity index (χ4v) is 5.16. The first-order valence-corrected chi connectivity index (χ1v) is 11.9. The first-order valence-electron chi connectivity index (χ1n) is 11.9. The second-order valence-electron chi connectivity index (χ2n) is 10.2. The molecule has 1 aromatic carbocycles. The van der Waals surface area contributed by atoms with E-state index in [1.165, 1.54) is 4.90 Å². The van der Waals surface area contributed by atoms with Crippen LogP contribution in [0.15, 0.2) is 24.3 Å². The number of amides is 3. The summed E-state index contributed by atoms with van der Waals surface area (Å²) in [5, 5.41) is 21.3. The Kier molecular flexibility index (Phi) is 6.68. The molecule has 2 bridgehead atoms. The Labute approximate surface area is 205 Å². The number of carbonyl (C=O) groups is 3. The Balaban J connectivity index is 1.50. The highest BCUT2D eigenvalue weighted by molar-refractivity contribution is 6.01. The van der Waals surface area contributed by atoms with Gasteiger partial charge in [-0.2, -0.15) is 10.5 Å². The predicted molar refractivity (Wildman–Crippen MR) is 126 cm³/mol. The average Bonchev–Trinajstić information content (AvgIpc) is 3.51. The summed E-state index contributed by atoms with van der Waals surface area (Å²) in [6.07, 6.45) is 1.22. The van der Waals surface area contributed by atoms with Crippen molar-refractivity contribution in [2.75, 3.05) is 24.5 Å². The SMILES string of the molecule is CC(C)(C)OC(=O)N[C@@H](CN1C[C@H]2C[C@@H]1C(=O)N2c1cccc(C#N)c1)C(=O)N1CCC[C@H]1C#N. The second-order valence-corrected chi connectivity index (χ2v) is 10.2. The van der Waals surface area contributed by atoms with Gasteiger partial charge in [-0.3, -0.25) is 14.5 Å². The number of hydrogen-bond acceptors (Lipinski definition) is 7. The molecular formula is C25H30N6O4. The van der Waals surface area contributed by atoms with Gasteiger partial charge in [-0.05, 0) is 58.2 Å². The van der Waals surface area contributed by atoms with Gasteiger partial charge in [0.05, 0.1) is 29.8 Å². The summed E-state index contributed by atoms with van der Waals surface area (Å²) in [7, 11) is 0. The lowest BCUT2D eigenvalue weighted by atomic mass is 10.1. The number of alkyl carbamates (subject to hydrolysis) is 1. The highest BCUT2D eigenvalue weighted by Gasteiger charge is 2.51. The van der Waals surface area contributed by atoms with Crippen molar-refractivity contribution in [2.24, 2.45) is 0 Å². The Hall–Kier alpha value is -3.63. The van der Waals surface area contributed by atoms with E-state index < -0.39 is 29.8 Å². The summed E-state index contributed by atoms with van der Waals surface area (Å²) in [5.74, 6) is -0.426. The zero-order chi connectivity index (χ0) is 25.3. The van der Waals surface area contributed by atoms with E-state index >= 15 is 0 Å². The molecule has 3 heterocycles. The number of anilines is 1. The molecule has 35 heavy (non-hydrogen) atoms. The van der Waals surface area contributed by atoms with E-state index in [4.69, 9.17) is 4.74 Å². The van der Waals surface area contributed by atoms with Crippen LogP contribution in [0.4, 0.5) is 10.5 Å². The van der Waals surface area contributed by atoms with Crippen molar-refractivity contribution in [3.05, 3.63) is 29.8 Å². The highest BCUT2D eigenvalue weighted by atomic mass is 16.6. The number of nitriles is 2. The molecule has 3 amide bonds. The first kappa shape index (κ1) is 24.5. The molecule has 1 N–H and O–H groups in total. The molecule has 0 spiro atoms. The summed E-state index contributed by atoms with van der Waals surface area (Å²) in [6, 6.07) is 9.26. The number of nitrogens with zero attached hydrogens (tertiary/aromatic N) is 5. The molecule has 4 atom stereocenters. The van der Waals surface area contributed by atoms with E-state index in [2.05, 4.69) is 17.5 Å². The van der Waals surface area contributed by atoms with Crippen LogP contribution in [0.1, 0.15) is 45.6 Å². The van der Waals surface area contributed by atoms with E-state index in [1.54, 1.807) is 43.9 Å². The van der Waals surface area contributed by atoms with Gasteiger partial charge in [0.2, 0.25) is 11.8 Å². The minimum absolute atomic E-state index is 0.0858. The van der Waals surface area contributed by atoms with Gasteiger partial charge in [-0.25, -0.2) is 4.79 Å². The number of nitrogens with one attached hydrogen (secondary N) is 1. The maximum atomic E-state index is 13.4. The minimum atomic E-state index is -0.943. The Bertz CT molecular complexity index is 1100. The van der Waals surface area contributed by atoms with E-state index in [0.717, 1.165) is 6.42 Å². The second kappa shape index (κ2) is 9.55. The third-order valence-electron chi connectivity index (χ3n) is 6.61. The Morgan fingerprint density at radius 3 is 2.71 bits per heavy atom. The van der Waals surface area contributed by atoms with Crippen LogP contribution in [-0.4, -0.2) is 77.1 Å². The van der Waals surface area contributed by atoms with E-state index in [1.807, 2.05) is 11.0 Å². The monoisotopic (exact) mass is 478 g/mol. The van der Waals surface area contributed by atoms with Crippen LogP contribution in [0.2, 0.25) is 0 Å². The van der Waals surface area contributed by atoms with Gasteiger partial charge < -0.3 is 19.9 Å². The number of hydrogen-bond donors (Lipinski definition) is 1. The largest absolute Gasteiger partial charge is 0.444 e. The molecule has 3 aliphatic rings. The molecule has 184 valence electrons. The molecule has 3 fully saturated rings. The van der Waals surface area contributed by atoms with Crippen molar-refractivity contribution >= 4 is 23.6 Å². The normalized spacial score (nSPS) is 24.7. The molecule has 10 heteroatoms. The molecule has 0 aromatic heterocycles. The first-order chi connectivity index (χ1) is 16.6. The molecular weight excluding hydrogens is 448 g/mol. The van der Waals surface area contributed by atoms with Gasteiger partial charge in [0.15, 0.2) is 0 Å². The van der Waals surface area contributed by atoms with Gasteiger partial charge in [0.1, 0.15) is 17.7 Å². The number of carbonyl (C=O) groups excluding carboxylic acids is 3. The van der Waals surface area contributed by atoms with Crippen molar-refractivity contribution in [1.29, 1.82) is 10.5 Å². The van der Waals surface area contributed by atoms with Gasteiger partial charge in [0, 0.05) is 25.3 Å². The number of benzene rings is 1. The summed E-state index contributed by atoms with van der Waals surface area (Å²) in [6.45, 7) is 6.36. The molecule has 0 unspecified atom stereocenters. The smallest absolute Gasteiger partial charge is 0.408 e. The third kappa shape index (κ3) is 5.08. The summed E-state index contributed by atoms with van der Waals surface area (Å²) < 4.78 is 5.37. The van der Waals surface area contributed by atoms with Crippen LogP contribution in [0.3, 0.4) is 0 Å². The van der Waals surface area contributed by atoms with Crippen LogP contribution >= 0.6 is 0 Å². The topological polar surface area (TPSA) is 130 Å². The van der Waals surface area contributed by atoms with Crippen LogP contribution in [0, 0.1) is 22.7 Å². The molecule has 4 rings (SSSR count). The molecule has 10 nitrogen and oxygen atoms in total. The minimum Gasteiger partial charge on any atom is -0.444 e. The van der Waals surface area contributed by atoms with Crippen LogP contribution in [-0.2, 0) is 14.3 Å². The standard InChI is InChI=1S/C25H30N6O4/c1-25(2,3)35-24(34)28-20(22(32)30-9-5-8-18(30)13-27)15-29-14-19-11-21(29)23(33)31(19)17-7-4-6-16(10-17)12-26/h4,6-7,10,18-21H,5,8-9,11,14-15H2,1-3H3,(H,28,34)/t18-,19+,20-,21+/m0/s1. The van der Waals surface area contributed by atoms with Crippen molar-refractivity contribution in [2.45, 2.75) is 69.8 Å². The molecule has 1 aromatic rings. The number of ether oxygens (including phenoxy) is 1. The number of fused-ring (bicyclic) bond motifs is 2. The third-order valence-corrected chi connectivity index (χ3v) is 6.61. The molecule has 0 saturated carbocycles. The van der Waals surface area contributed by atoms with Crippen molar-refractivity contribution in [3.8, 4) is 12.1 Å². The van der Waals surface area contributed by atoms with Crippen LogP contribution in [0.5, 0.6) is 0 Å². The molecule has 3 saturated heterocycles. The lowest BCUT2D eigenvalue weighted by Gasteiger charge is -2.36. The Morgan fingerprint density at radius 1 is 1.29 bits per heavy atom. The summed E-state index contributed by atoms with van der Waals surface area (Å²) in [5.41, 5.74) is 0.441. The van der Waals surface area contributed by atoms with Crippen LogP contribution < -0.4 is 10.2 Å². The Morgan fingerprint density at radius 2 is 2.06 bits per heavy atom. The summed E-state index contributed by atoms with van der Waals surface area (Å²) in [4.78, 5) is 44.4. The summed E-state index contributed by atoms with van der Waals surface area (Å²) >= 11 is 0. The van der Waals surface area contributed by atoms with Crippen molar-refractivity contribution < 1.29 is 19.1 Å². The van der Waals surface area contributed by atoms with E-state index in [9.17, 15) is 24.9 Å². The van der Waals surface area contributed by atoms with Gasteiger partial charge in [0.25, 0.3) is 0 Å².